The first-order valence-electron chi connectivity index (χ1n) is 0.565. The fourth-order valence-corrected chi connectivity index (χ4v) is 0. The molecule has 1 N–H and O–H groups in total. The predicted molar refractivity (Wildman–Crippen MR) is 10.8 cm³/mol. The first kappa shape index (κ1) is 9.06. The van der Waals surface area contributed by atoms with Gasteiger partial charge in [-0.05, 0) is 0 Å². The summed E-state index contributed by atoms with van der Waals surface area (Å²) in [5.74, 6) is 0. The van der Waals surface area contributed by atoms with Gasteiger partial charge in [-0.15, -0.1) is 12.4 Å². The van der Waals surface area contributed by atoms with Gasteiger partial charge in [0.2, 0.25) is 0 Å². The third kappa shape index (κ3) is 139. The van der Waals surface area contributed by atoms with Crippen molar-refractivity contribution in [2.75, 3.05) is 0 Å². The van der Waals surface area contributed by atoms with Gasteiger partial charge in [0.15, 0.2) is 0 Å². The summed E-state index contributed by atoms with van der Waals surface area (Å²) >= 11 is -3.69. The van der Waals surface area contributed by atoms with Crippen LogP contribution in [-0.2, 0) is 22.7 Å². The Hall–Kier alpha value is 0.434. The van der Waals surface area contributed by atoms with Gasteiger partial charge in [-0.25, -0.2) is 0 Å². The molecule has 0 aromatic heterocycles. The van der Waals surface area contributed by atoms with E-state index in [4.69, 9.17) is 11.4 Å². The maximum absolute atomic E-state index is 8.67. The summed E-state index contributed by atoms with van der Waals surface area (Å²) in [5, 5.41) is 0. The molecule has 0 aliphatic heterocycles. The molecule has 0 atom stereocenters. The summed E-state index contributed by atoms with van der Waals surface area (Å²) in [6.07, 6.45) is 0. The summed E-state index contributed by atoms with van der Waals surface area (Å²) in [5.41, 5.74) is 0. The van der Waals surface area contributed by atoms with E-state index in [2.05, 4.69) is 0 Å². The Morgan fingerprint density at radius 3 is 1.40 bits per heavy atom. The van der Waals surface area contributed by atoms with Crippen LogP contribution >= 0.6 is 12.4 Å². The maximum atomic E-state index is 8.67. The molecule has 0 amide bonds. The van der Waals surface area contributed by atoms with Gasteiger partial charge in [-0.1, -0.05) is 0 Å². The van der Waals surface area contributed by atoms with Crippen molar-refractivity contribution in [3.8, 4) is 0 Å². The van der Waals surface area contributed by atoms with Crippen LogP contribution < -0.4 is 0 Å². The number of rotatable bonds is 0. The molecule has 5 heavy (non-hydrogen) atoms. The minimum atomic E-state index is -3.69. The first-order valence-corrected chi connectivity index (χ1v) is 2.33. The van der Waals surface area contributed by atoms with Gasteiger partial charge in [-0.3, -0.25) is 0 Å². The van der Waals surface area contributed by atoms with Gasteiger partial charge in [-0.2, -0.15) is 0 Å². The Morgan fingerprint density at radius 2 is 1.40 bits per heavy atom. The molecule has 0 spiro atoms. The fourth-order valence-electron chi connectivity index (χ4n) is 0. The van der Waals surface area contributed by atoms with Gasteiger partial charge >= 0.3 is 26.8 Å². The zero-order valence-corrected chi connectivity index (χ0v) is 4.33. The Kier molecular flexibility index (Phi) is 8.04. The van der Waals surface area contributed by atoms with E-state index >= 15 is 0 Å². The molecule has 32 valence electrons. The van der Waals surface area contributed by atoms with Crippen molar-refractivity contribution >= 4 is 12.4 Å². The van der Waals surface area contributed by atoms with Crippen molar-refractivity contribution in [1.82, 2.24) is 0 Å². The van der Waals surface area contributed by atoms with Crippen LogP contribution in [0.1, 0.15) is 0 Å². The zero-order valence-electron chi connectivity index (χ0n) is 2.12. The monoisotopic (exact) mass is 136 g/mol. The van der Waals surface area contributed by atoms with Crippen LogP contribution in [0.3, 0.4) is 0 Å². The molecular weight excluding hydrogens is 134 g/mol. The second-order valence-electron chi connectivity index (χ2n) is 0.238. The minimum absolute atomic E-state index is 0. The molecule has 0 aromatic rings. The topological polar surface area (TPSA) is 54.4 Å². The van der Waals surface area contributed by atoms with E-state index in [0.717, 1.165) is 0 Å². The van der Waals surface area contributed by atoms with E-state index in [0.29, 0.717) is 0 Å². The van der Waals surface area contributed by atoms with Crippen LogP contribution in [0.2, 0.25) is 0 Å². The first-order chi connectivity index (χ1) is 1.73. The number of hydrogen-bond donors (Lipinski definition) is 1. The summed E-state index contributed by atoms with van der Waals surface area (Å²) in [6.45, 7) is 0. The average Bonchev–Trinajstić information content (AvgIpc) is 0.811. The number of hydrogen-bond acceptors (Lipinski definition) is 2. The molecule has 0 aliphatic carbocycles. The zero-order chi connectivity index (χ0) is 3.58. The standard InChI is InChI=1S/ClH.H2O.2O.V/h1H;1H2;;;/q;;;;+1/p-1. The summed E-state index contributed by atoms with van der Waals surface area (Å²) in [6, 6.07) is 0. The molecule has 0 fully saturated rings. The molecule has 0 saturated carbocycles. The van der Waals surface area contributed by atoms with E-state index in [1.807, 2.05) is 0 Å². The average molecular weight is 136 g/mol. The van der Waals surface area contributed by atoms with Gasteiger partial charge in [0, 0.05) is 0 Å². The van der Waals surface area contributed by atoms with Gasteiger partial charge in [0.1, 0.15) is 0 Å². The number of halogens is 1. The van der Waals surface area contributed by atoms with Gasteiger partial charge < -0.3 is 0 Å². The predicted octanol–water partition coefficient (Wildman–Crippen LogP) is -0.375. The third-order valence-corrected chi connectivity index (χ3v) is 0. The molecule has 0 bridgehead atoms. The molecule has 5 heteroatoms. The Morgan fingerprint density at radius 1 is 1.40 bits per heavy atom. The van der Waals surface area contributed by atoms with Crippen LogP contribution in [0.5, 0.6) is 0 Å². The van der Waals surface area contributed by atoms with Crippen molar-refractivity contribution < 1.29 is 26.8 Å². The summed E-state index contributed by atoms with van der Waals surface area (Å²) < 4.78 is 24.4. The van der Waals surface area contributed by atoms with Crippen molar-refractivity contribution in [2.24, 2.45) is 0 Å². The second kappa shape index (κ2) is 4.43. The van der Waals surface area contributed by atoms with Gasteiger partial charge in [0.05, 0.1) is 0 Å². The van der Waals surface area contributed by atoms with Crippen molar-refractivity contribution in [3.05, 3.63) is 0 Å². The third-order valence-electron chi connectivity index (χ3n) is 0. The van der Waals surface area contributed by atoms with Crippen LogP contribution in [0.15, 0.2) is 0 Å². The van der Waals surface area contributed by atoms with E-state index in [-0.39, 0.29) is 12.4 Å². The Balaban J connectivity index is 0. The molecule has 0 aliphatic rings. The summed E-state index contributed by atoms with van der Waals surface area (Å²) in [7, 11) is 0. The molecular formula is H2ClO3V. The van der Waals surface area contributed by atoms with Crippen molar-refractivity contribution in [3.63, 3.8) is 0 Å². The molecule has 0 aromatic carbocycles. The normalized spacial score (nSPS) is 5.00. The Bertz CT molecular complexity index is 55.3. The van der Waals surface area contributed by atoms with Crippen molar-refractivity contribution in [1.29, 1.82) is 0 Å². The molecule has 0 unspecified atom stereocenters. The van der Waals surface area contributed by atoms with E-state index in [1.54, 1.807) is 0 Å². The van der Waals surface area contributed by atoms with Crippen molar-refractivity contribution in [2.45, 2.75) is 0 Å². The molecule has 0 rings (SSSR count). The van der Waals surface area contributed by atoms with Crippen LogP contribution in [-0.4, -0.2) is 4.03 Å². The molecule has 0 radical (unpaired) electrons. The summed E-state index contributed by atoms with van der Waals surface area (Å²) in [4.78, 5) is 0. The van der Waals surface area contributed by atoms with Crippen LogP contribution in [0.4, 0.5) is 0 Å². The molecule has 0 heterocycles. The van der Waals surface area contributed by atoms with Crippen LogP contribution in [0, 0.1) is 0 Å². The quantitative estimate of drug-likeness (QED) is 0.494. The van der Waals surface area contributed by atoms with E-state index in [9.17, 15) is 0 Å². The van der Waals surface area contributed by atoms with E-state index in [1.165, 1.54) is 0 Å². The molecule has 3 nitrogen and oxygen atoms in total. The molecule has 0 saturated heterocycles. The fraction of sp³-hybridized carbons (Fsp3) is 0. The Labute approximate surface area is 39.8 Å². The second-order valence-corrected chi connectivity index (χ2v) is 0.981. The van der Waals surface area contributed by atoms with Gasteiger partial charge in [0.25, 0.3) is 0 Å². The van der Waals surface area contributed by atoms with E-state index < -0.39 is 15.4 Å². The van der Waals surface area contributed by atoms with Crippen LogP contribution in [0.25, 0.3) is 0 Å². The SMILES string of the molecule is Cl.[O]=[V](=[O])[OH].